The third-order valence-electron chi connectivity index (χ3n) is 6.43. The van der Waals surface area contributed by atoms with Gasteiger partial charge in [0.05, 0.1) is 5.52 Å². The summed E-state index contributed by atoms with van der Waals surface area (Å²) < 4.78 is 14.5. The van der Waals surface area contributed by atoms with Crippen LogP contribution in [0.4, 0.5) is 10.1 Å². The normalized spacial score (nSPS) is 11.5. The highest BCUT2D eigenvalue weighted by Gasteiger charge is 2.14. The molecule has 2 aromatic heterocycles. The Hall–Kier alpha value is -4.89. The number of benzene rings is 2. The van der Waals surface area contributed by atoms with Crippen molar-refractivity contribution in [3.8, 4) is 24.0 Å². The van der Waals surface area contributed by atoms with E-state index in [9.17, 15) is 4.39 Å². The second kappa shape index (κ2) is 14.3. The molecule has 0 fully saturated rings. The first-order chi connectivity index (χ1) is 19.4. The van der Waals surface area contributed by atoms with Gasteiger partial charge in [-0.3, -0.25) is 0 Å². The van der Waals surface area contributed by atoms with Crippen LogP contribution in [0.5, 0.6) is 0 Å². The molecule has 4 N–H and O–H groups in total. The van der Waals surface area contributed by atoms with Crippen molar-refractivity contribution < 1.29 is 4.39 Å². The zero-order chi connectivity index (χ0) is 29.1. The lowest BCUT2D eigenvalue weighted by atomic mass is 9.99. The Balaban J connectivity index is 0.00000216. The van der Waals surface area contributed by atoms with Gasteiger partial charge in [-0.05, 0) is 72.9 Å². The first kappa shape index (κ1) is 29.7. The van der Waals surface area contributed by atoms with Crippen LogP contribution in [0.3, 0.4) is 0 Å². The molecule has 0 amide bonds. The molecule has 4 rings (SSSR count). The van der Waals surface area contributed by atoms with Crippen molar-refractivity contribution >= 4 is 22.4 Å². The molecule has 0 aliphatic carbocycles. The fourth-order valence-electron chi connectivity index (χ4n) is 4.37. The van der Waals surface area contributed by atoms with E-state index in [2.05, 4.69) is 71.4 Å². The van der Waals surface area contributed by atoms with Gasteiger partial charge in [0.15, 0.2) is 5.65 Å². The number of terminal acetylenes is 1. The van der Waals surface area contributed by atoms with Gasteiger partial charge in [0.2, 0.25) is 0 Å². The number of allylic oxidation sites excluding steroid dienone is 5. The number of nitrogens with zero attached hydrogens (tertiary/aromatic N) is 2. The lowest BCUT2D eigenvalue weighted by Gasteiger charge is -2.13. The molecule has 4 aromatic rings. The van der Waals surface area contributed by atoms with Crippen LogP contribution in [0.25, 0.3) is 27.9 Å². The van der Waals surface area contributed by atoms with E-state index in [4.69, 9.17) is 5.73 Å². The van der Waals surface area contributed by atoms with Gasteiger partial charge in [-0.15, -0.1) is 12.8 Å². The average Bonchev–Trinajstić information content (AvgIpc) is 3.39. The van der Waals surface area contributed by atoms with Crippen molar-refractivity contribution in [2.75, 3.05) is 5.73 Å². The second-order valence-corrected chi connectivity index (χ2v) is 9.19. The summed E-state index contributed by atoms with van der Waals surface area (Å²) in [6.07, 6.45) is 19.2. The van der Waals surface area contributed by atoms with Crippen LogP contribution >= 0.6 is 0 Å². The van der Waals surface area contributed by atoms with E-state index in [1.807, 2.05) is 25.1 Å². The molecule has 2 heterocycles. The minimum Gasteiger partial charge on any atom is -0.398 e. The Morgan fingerprint density at radius 1 is 1.15 bits per heavy atom. The van der Waals surface area contributed by atoms with E-state index in [0.29, 0.717) is 34.7 Å². The highest BCUT2D eigenvalue weighted by atomic mass is 19.1. The molecule has 0 unspecified atom stereocenters. The fraction of sp³-hybridized carbons (Fsp3) is 0.176. The molecule has 0 aliphatic heterocycles. The maximum atomic E-state index is 14.5. The molecule has 6 heteroatoms. The van der Waals surface area contributed by atoms with Gasteiger partial charge in [-0.25, -0.2) is 14.4 Å². The molecule has 5 nitrogen and oxygen atoms in total. The third-order valence-corrected chi connectivity index (χ3v) is 6.43. The van der Waals surface area contributed by atoms with Crippen molar-refractivity contribution in [1.82, 2.24) is 20.3 Å². The number of nitrogens with one attached hydrogen (secondary N) is 2. The predicted molar refractivity (Wildman–Crippen MR) is 167 cm³/mol. The van der Waals surface area contributed by atoms with Crippen molar-refractivity contribution in [3.63, 3.8) is 0 Å². The molecular formula is C34H36FN5. The molecule has 0 spiro atoms. The monoisotopic (exact) mass is 533 g/mol. The number of H-pyrrole nitrogens is 1. The summed E-state index contributed by atoms with van der Waals surface area (Å²) in [5.41, 5.74) is 14.4. The van der Waals surface area contributed by atoms with Gasteiger partial charge in [-0.1, -0.05) is 56.8 Å². The van der Waals surface area contributed by atoms with Crippen molar-refractivity contribution in [3.05, 3.63) is 120 Å². The number of anilines is 1. The molecule has 40 heavy (non-hydrogen) atoms. The van der Waals surface area contributed by atoms with Crippen LogP contribution in [0.2, 0.25) is 0 Å². The quantitative estimate of drug-likeness (QED) is 0.104. The van der Waals surface area contributed by atoms with E-state index in [-0.39, 0.29) is 5.82 Å². The zero-order valence-electron chi connectivity index (χ0n) is 23.2. The number of aromatic nitrogens is 3. The van der Waals surface area contributed by atoms with Gasteiger partial charge < -0.3 is 16.0 Å². The van der Waals surface area contributed by atoms with E-state index in [1.165, 1.54) is 6.07 Å². The number of hydrogen-bond donors (Lipinski definition) is 3. The largest absolute Gasteiger partial charge is 0.398 e. The van der Waals surface area contributed by atoms with E-state index < -0.39 is 0 Å². The Kier molecular flexibility index (Phi) is 10.6. The fourth-order valence-corrected chi connectivity index (χ4v) is 4.37. The Bertz CT molecular complexity index is 1570. The average molecular weight is 534 g/mol. The second-order valence-electron chi connectivity index (χ2n) is 9.19. The maximum absolute atomic E-state index is 14.5. The third kappa shape index (κ3) is 7.15. The number of hydrogen-bond acceptors (Lipinski definition) is 4. The summed E-state index contributed by atoms with van der Waals surface area (Å²) in [4.78, 5) is 12.4. The molecule has 0 saturated carbocycles. The number of nitrogens with two attached hydrogens (primary N) is 1. The summed E-state index contributed by atoms with van der Waals surface area (Å²) in [5, 5.41) is 3.37. The first-order valence-electron chi connectivity index (χ1n) is 13.2. The Morgan fingerprint density at radius 3 is 2.62 bits per heavy atom. The van der Waals surface area contributed by atoms with Crippen molar-refractivity contribution in [2.45, 2.75) is 39.5 Å². The Labute approximate surface area is 236 Å². The number of rotatable bonds is 11. The molecule has 0 saturated heterocycles. The van der Waals surface area contributed by atoms with Gasteiger partial charge in [-0.2, -0.15) is 0 Å². The van der Waals surface area contributed by atoms with Crippen molar-refractivity contribution in [2.24, 2.45) is 0 Å². The standard InChI is InChI=1S/C32H34FN5.C2H2/c1-5-8-11-21(4)36-25(7-3)19-22(6-2)23-14-15-29(34)24(18-23)20-30-37-31-27(16-17-35-32(31)38-30)26-12-9-10-13-28(26)33;1-2/h6-7,9-10,12-19,36H,3-5,8,11,20,34H2,1-2H3,(H,35,37,38);1-2H/b22-6+,25-19+;. The van der Waals surface area contributed by atoms with Gasteiger partial charge in [0.1, 0.15) is 11.6 Å². The van der Waals surface area contributed by atoms with Crippen molar-refractivity contribution in [1.29, 1.82) is 0 Å². The lowest BCUT2D eigenvalue weighted by Crippen LogP contribution is -2.10. The summed E-state index contributed by atoms with van der Waals surface area (Å²) in [6.45, 7) is 12.3. The number of imidazole rings is 1. The van der Waals surface area contributed by atoms with Crippen LogP contribution in [-0.4, -0.2) is 15.0 Å². The number of halogens is 1. The van der Waals surface area contributed by atoms with Crippen LogP contribution in [0, 0.1) is 18.7 Å². The van der Waals surface area contributed by atoms with Crippen LogP contribution < -0.4 is 11.1 Å². The van der Waals surface area contributed by atoms with Crippen LogP contribution in [0.15, 0.2) is 97.5 Å². The minimum atomic E-state index is -0.289. The van der Waals surface area contributed by atoms with Crippen LogP contribution in [-0.2, 0) is 6.42 Å². The topological polar surface area (TPSA) is 79.6 Å². The highest BCUT2D eigenvalue weighted by Crippen LogP contribution is 2.29. The molecule has 0 aliphatic rings. The SMILES string of the molecule is C#C.C=C/C(=C\C(=C/C)c1ccc(N)c(Cc2nc3nccc(-c4ccccc4F)c3[nH]2)c1)NC(=C)CCCC. The number of aromatic amines is 1. The molecule has 2 aromatic carbocycles. The minimum absolute atomic E-state index is 0.289. The maximum Gasteiger partial charge on any atom is 0.178 e. The van der Waals surface area contributed by atoms with E-state index in [0.717, 1.165) is 52.9 Å². The van der Waals surface area contributed by atoms with Crippen LogP contribution in [0.1, 0.15) is 50.1 Å². The number of pyridine rings is 1. The molecule has 204 valence electrons. The number of unbranched alkanes of at least 4 members (excludes halogenated alkanes) is 1. The first-order valence-corrected chi connectivity index (χ1v) is 13.2. The van der Waals surface area contributed by atoms with E-state index >= 15 is 0 Å². The van der Waals surface area contributed by atoms with Gasteiger partial charge in [0, 0.05) is 40.8 Å². The molecule has 0 radical (unpaired) electrons. The highest BCUT2D eigenvalue weighted by molar-refractivity contribution is 5.90. The number of nitrogen functional groups attached to an aromatic ring is 1. The molecule has 0 bridgehead atoms. The van der Waals surface area contributed by atoms with E-state index in [1.54, 1.807) is 30.5 Å². The molecule has 0 atom stereocenters. The summed E-state index contributed by atoms with van der Waals surface area (Å²) in [5.74, 6) is 0.417. The smallest absolute Gasteiger partial charge is 0.178 e. The summed E-state index contributed by atoms with van der Waals surface area (Å²) in [7, 11) is 0. The number of fused-ring (bicyclic) bond motifs is 1. The predicted octanol–water partition coefficient (Wildman–Crippen LogP) is 7.95. The summed E-state index contributed by atoms with van der Waals surface area (Å²) in [6, 6.07) is 14.5. The Morgan fingerprint density at radius 2 is 1.93 bits per heavy atom. The lowest BCUT2D eigenvalue weighted by molar-refractivity contribution is 0.631. The molecular weight excluding hydrogens is 497 g/mol. The van der Waals surface area contributed by atoms with Gasteiger partial charge in [0.25, 0.3) is 0 Å². The van der Waals surface area contributed by atoms with Gasteiger partial charge >= 0.3 is 0 Å². The summed E-state index contributed by atoms with van der Waals surface area (Å²) >= 11 is 0. The zero-order valence-corrected chi connectivity index (χ0v) is 23.2.